The zero-order valence-corrected chi connectivity index (χ0v) is 28.6. The molecule has 0 saturated heterocycles. The maximum absolute atomic E-state index is 2.41. The molecule has 0 aliphatic heterocycles. The normalized spacial score (nSPS) is 12.0. The van der Waals surface area contributed by atoms with Gasteiger partial charge in [0.15, 0.2) is 0 Å². The molecule has 11 aromatic rings. The van der Waals surface area contributed by atoms with E-state index < -0.39 is 0 Å². The second kappa shape index (κ2) is 10.9. The predicted molar refractivity (Wildman–Crippen MR) is 221 cm³/mol. The first-order chi connectivity index (χ1) is 24.8. The summed E-state index contributed by atoms with van der Waals surface area (Å²) in [5, 5.41) is 13.1. The lowest BCUT2D eigenvalue weighted by Crippen LogP contribution is -1.91. The average molecular weight is 669 g/mol. The molecule has 11 rings (SSSR count). The van der Waals surface area contributed by atoms with Crippen LogP contribution >= 0.6 is 22.7 Å². The van der Waals surface area contributed by atoms with Crippen molar-refractivity contribution >= 4 is 95.3 Å². The Labute approximate surface area is 297 Å². The van der Waals surface area contributed by atoms with E-state index in [4.69, 9.17) is 0 Å². The molecule has 0 amide bonds. The van der Waals surface area contributed by atoms with E-state index >= 15 is 0 Å². The van der Waals surface area contributed by atoms with Gasteiger partial charge in [-0.3, -0.25) is 0 Å². The van der Waals surface area contributed by atoms with Gasteiger partial charge >= 0.3 is 0 Å². The van der Waals surface area contributed by atoms with Gasteiger partial charge < -0.3 is 0 Å². The van der Waals surface area contributed by atoms with Crippen LogP contribution in [0.2, 0.25) is 0 Å². The van der Waals surface area contributed by atoms with Crippen molar-refractivity contribution in [2.75, 3.05) is 0 Å². The number of hydrogen-bond donors (Lipinski definition) is 0. The van der Waals surface area contributed by atoms with Gasteiger partial charge in [0.1, 0.15) is 0 Å². The smallest absolute Gasteiger partial charge is 0.0361 e. The first-order valence-electron chi connectivity index (χ1n) is 17.1. The number of thiophene rings is 2. The van der Waals surface area contributed by atoms with Crippen molar-refractivity contribution in [3.05, 3.63) is 170 Å². The average Bonchev–Trinajstić information content (AvgIpc) is 3.72. The SMILES string of the molecule is c1ccc(-c2c3ccccc3c(-c3cccc(-c4ccc5c(c4)sc4cc6cc7sc8ccccc8c7cc6cc45)c3)c3ccccc23)cc1. The topological polar surface area (TPSA) is 0 Å². The molecule has 0 aliphatic rings. The molecular formula is C48H28S2. The van der Waals surface area contributed by atoms with Gasteiger partial charge in [0.25, 0.3) is 0 Å². The van der Waals surface area contributed by atoms with E-state index in [1.54, 1.807) is 0 Å². The highest BCUT2D eigenvalue weighted by Crippen LogP contribution is 2.45. The zero-order chi connectivity index (χ0) is 32.8. The fourth-order valence-corrected chi connectivity index (χ4v) is 10.4. The first-order valence-corrected chi connectivity index (χ1v) is 18.7. The Hall–Kier alpha value is -5.80. The molecule has 232 valence electrons. The third-order valence-corrected chi connectivity index (χ3v) is 12.7. The van der Waals surface area contributed by atoms with Gasteiger partial charge in [0, 0.05) is 40.3 Å². The quantitative estimate of drug-likeness (QED) is 0.164. The molecule has 0 atom stereocenters. The van der Waals surface area contributed by atoms with E-state index in [0.717, 1.165) is 0 Å². The summed E-state index contributed by atoms with van der Waals surface area (Å²) in [6, 6.07) is 63.1. The molecule has 0 bridgehead atoms. The summed E-state index contributed by atoms with van der Waals surface area (Å²) >= 11 is 3.79. The van der Waals surface area contributed by atoms with E-state index in [-0.39, 0.29) is 0 Å². The van der Waals surface area contributed by atoms with Crippen LogP contribution in [0.15, 0.2) is 170 Å². The van der Waals surface area contributed by atoms with Crippen molar-refractivity contribution in [2.45, 2.75) is 0 Å². The van der Waals surface area contributed by atoms with Gasteiger partial charge in [-0.25, -0.2) is 0 Å². The molecule has 0 spiro atoms. The van der Waals surface area contributed by atoms with Crippen LogP contribution in [0.1, 0.15) is 0 Å². The second-order valence-corrected chi connectivity index (χ2v) is 15.4. The van der Waals surface area contributed by atoms with Crippen molar-refractivity contribution in [1.29, 1.82) is 0 Å². The van der Waals surface area contributed by atoms with Crippen LogP contribution in [0.5, 0.6) is 0 Å². The molecule has 50 heavy (non-hydrogen) atoms. The molecule has 0 nitrogen and oxygen atoms in total. The summed E-state index contributed by atoms with van der Waals surface area (Å²) in [7, 11) is 0. The lowest BCUT2D eigenvalue weighted by atomic mass is 9.85. The number of hydrogen-bond acceptors (Lipinski definition) is 2. The van der Waals surface area contributed by atoms with Gasteiger partial charge in [0.05, 0.1) is 0 Å². The van der Waals surface area contributed by atoms with Crippen LogP contribution in [0.4, 0.5) is 0 Å². The van der Waals surface area contributed by atoms with Crippen LogP contribution in [0.25, 0.3) is 106 Å². The first kappa shape index (κ1) is 28.1. The molecule has 0 unspecified atom stereocenters. The number of benzene rings is 9. The van der Waals surface area contributed by atoms with E-state index in [1.165, 1.54) is 106 Å². The largest absolute Gasteiger partial charge is 0.135 e. The summed E-state index contributed by atoms with van der Waals surface area (Å²) in [6.45, 7) is 0. The lowest BCUT2D eigenvalue weighted by Gasteiger charge is -2.18. The minimum Gasteiger partial charge on any atom is -0.135 e. The van der Waals surface area contributed by atoms with Crippen molar-refractivity contribution in [2.24, 2.45) is 0 Å². The molecule has 0 radical (unpaired) electrons. The van der Waals surface area contributed by atoms with E-state index in [0.29, 0.717) is 0 Å². The molecule has 0 fully saturated rings. The monoisotopic (exact) mass is 668 g/mol. The van der Waals surface area contributed by atoms with E-state index in [1.807, 2.05) is 22.7 Å². The molecule has 2 aromatic heterocycles. The minimum absolute atomic E-state index is 1.24. The van der Waals surface area contributed by atoms with Crippen LogP contribution in [0.3, 0.4) is 0 Å². The van der Waals surface area contributed by atoms with Crippen molar-refractivity contribution in [3.63, 3.8) is 0 Å². The Morgan fingerprint density at radius 1 is 0.240 bits per heavy atom. The summed E-state index contributed by atoms with van der Waals surface area (Å²) in [5.74, 6) is 0. The fourth-order valence-electron chi connectivity index (χ4n) is 8.13. The highest BCUT2D eigenvalue weighted by atomic mass is 32.1. The summed E-state index contributed by atoms with van der Waals surface area (Å²) < 4.78 is 5.38. The third kappa shape index (κ3) is 4.23. The van der Waals surface area contributed by atoms with Gasteiger partial charge in [-0.2, -0.15) is 0 Å². The Morgan fingerprint density at radius 2 is 0.700 bits per heavy atom. The third-order valence-electron chi connectivity index (χ3n) is 10.4. The van der Waals surface area contributed by atoms with Crippen LogP contribution in [-0.2, 0) is 0 Å². The predicted octanol–water partition coefficient (Wildman–Crippen LogP) is 14.9. The molecule has 9 aromatic carbocycles. The summed E-state index contributed by atoms with van der Waals surface area (Å²) in [5.41, 5.74) is 7.56. The van der Waals surface area contributed by atoms with Gasteiger partial charge in [-0.1, -0.05) is 127 Å². The standard InChI is InChI=1S/C48H28S2/c1-2-11-29(12-3-1)47-37-16-4-6-18-39(37)48(40-19-7-5-17-38(40)47)32-14-10-13-30(23-32)31-21-22-36-42-25-33-24-41-35-15-8-9-20-43(35)49-45(41)27-34(33)28-46(42)50-44(36)26-31/h1-28H. The molecule has 2 heterocycles. The summed E-state index contributed by atoms with van der Waals surface area (Å²) in [4.78, 5) is 0. The van der Waals surface area contributed by atoms with E-state index in [2.05, 4.69) is 170 Å². The highest BCUT2D eigenvalue weighted by Gasteiger charge is 2.17. The van der Waals surface area contributed by atoms with Crippen LogP contribution < -0.4 is 0 Å². The molecular weight excluding hydrogens is 641 g/mol. The van der Waals surface area contributed by atoms with Gasteiger partial charge in [-0.05, 0) is 108 Å². The van der Waals surface area contributed by atoms with Gasteiger partial charge in [0.2, 0.25) is 0 Å². The maximum Gasteiger partial charge on any atom is 0.0361 e. The van der Waals surface area contributed by atoms with Crippen LogP contribution in [-0.4, -0.2) is 0 Å². The highest BCUT2D eigenvalue weighted by molar-refractivity contribution is 7.26. The number of rotatable bonds is 3. The fraction of sp³-hybridized carbons (Fsp3) is 0. The second-order valence-electron chi connectivity index (χ2n) is 13.2. The van der Waals surface area contributed by atoms with Crippen molar-refractivity contribution in [1.82, 2.24) is 0 Å². The molecule has 0 aliphatic carbocycles. The molecule has 0 saturated carbocycles. The summed E-state index contributed by atoms with van der Waals surface area (Å²) in [6.07, 6.45) is 0. The van der Waals surface area contributed by atoms with Crippen molar-refractivity contribution < 1.29 is 0 Å². The Balaban J connectivity index is 1.07. The maximum atomic E-state index is 2.41. The Morgan fingerprint density at radius 3 is 1.38 bits per heavy atom. The zero-order valence-electron chi connectivity index (χ0n) is 27.0. The lowest BCUT2D eigenvalue weighted by molar-refractivity contribution is 1.63. The molecule has 2 heteroatoms. The Bertz CT molecular complexity index is 3080. The van der Waals surface area contributed by atoms with E-state index in [9.17, 15) is 0 Å². The van der Waals surface area contributed by atoms with Gasteiger partial charge in [-0.15, -0.1) is 22.7 Å². The van der Waals surface area contributed by atoms with Crippen molar-refractivity contribution in [3.8, 4) is 33.4 Å². The van der Waals surface area contributed by atoms with Crippen LogP contribution in [0, 0.1) is 0 Å². The Kier molecular flexibility index (Phi) is 6.09. The minimum atomic E-state index is 1.24. The molecule has 0 N–H and O–H groups in total. The number of fused-ring (bicyclic) bond motifs is 9.